The Morgan fingerprint density at radius 1 is 1.08 bits per heavy atom. The smallest absolute Gasteiger partial charge is 0.251 e. The molecule has 0 fully saturated rings. The van der Waals surface area contributed by atoms with Gasteiger partial charge in [-0.25, -0.2) is 0 Å². The fourth-order valence-electron chi connectivity index (χ4n) is 2.39. The number of unbranched alkanes of at least 4 members (excludes halogenated alkanes) is 2. The van der Waals surface area contributed by atoms with Gasteiger partial charge in [0.05, 0.1) is 7.11 Å². The minimum atomic E-state index is -0.0604. The number of carbonyl (C=O) groups excluding carboxylic acids is 1. The Morgan fingerprint density at radius 2 is 1.88 bits per heavy atom. The van der Waals surface area contributed by atoms with E-state index in [0.717, 1.165) is 30.6 Å². The van der Waals surface area contributed by atoms with Crippen LogP contribution in [0.1, 0.15) is 42.1 Å². The molecule has 0 aromatic heterocycles. The van der Waals surface area contributed by atoms with Crippen molar-refractivity contribution in [1.82, 2.24) is 5.32 Å². The molecule has 0 heterocycles. The largest absolute Gasteiger partial charge is 0.496 e. The molecular formula is C20H25NO3. The lowest BCUT2D eigenvalue weighted by Crippen LogP contribution is -2.24. The van der Waals surface area contributed by atoms with Crippen LogP contribution < -0.4 is 14.8 Å². The molecule has 0 unspecified atom stereocenters. The van der Waals surface area contributed by atoms with Gasteiger partial charge in [-0.05, 0) is 36.8 Å². The maximum Gasteiger partial charge on any atom is 0.251 e. The second-order valence-electron chi connectivity index (χ2n) is 5.59. The molecule has 2 rings (SSSR count). The lowest BCUT2D eigenvalue weighted by atomic mass is 10.1. The average molecular weight is 327 g/mol. The summed E-state index contributed by atoms with van der Waals surface area (Å²) in [5, 5.41) is 2.95. The van der Waals surface area contributed by atoms with E-state index in [1.165, 1.54) is 0 Å². The van der Waals surface area contributed by atoms with Crippen molar-refractivity contribution < 1.29 is 14.3 Å². The summed E-state index contributed by atoms with van der Waals surface area (Å²) in [6.45, 7) is 3.20. The molecule has 0 spiro atoms. The highest BCUT2D eigenvalue weighted by atomic mass is 16.5. The van der Waals surface area contributed by atoms with Gasteiger partial charge in [-0.1, -0.05) is 38.0 Å². The zero-order valence-corrected chi connectivity index (χ0v) is 14.4. The summed E-state index contributed by atoms with van der Waals surface area (Å²) in [5.74, 6) is 1.44. The van der Waals surface area contributed by atoms with E-state index < -0.39 is 0 Å². The van der Waals surface area contributed by atoms with E-state index in [2.05, 4.69) is 12.2 Å². The molecule has 0 aliphatic carbocycles. The van der Waals surface area contributed by atoms with Crippen molar-refractivity contribution in [2.45, 2.75) is 32.8 Å². The third kappa shape index (κ3) is 5.30. The van der Waals surface area contributed by atoms with Crippen molar-refractivity contribution in [2.75, 3.05) is 13.7 Å². The fraction of sp³-hybridized carbons (Fsp3) is 0.350. The van der Waals surface area contributed by atoms with E-state index in [4.69, 9.17) is 9.47 Å². The Bertz CT molecular complexity index is 641. The Hall–Kier alpha value is -2.49. The molecule has 0 bridgehead atoms. The minimum Gasteiger partial charge on any atom is -0.496 e. The SMILES string of the molecule is CCCCCNC(=O)c1ccc(OC)c(COc2ccccc2)c1. The van der Waals surface area contributed by atoms with Gasteiger partial charge in [0.2, 0.25) is 0 Å². The molecule has 0 saturated heterocycles. The molecular weight excluding hydrogens is 302 g/mol. The van der Waals surface area contributed by atoms with Crippen LogP contribution in [0.4, 0.5) is 0 Å². The minimum absolute atomic E-state index is 0.0604. The van der Waals surface area contributed by atoms with Gasteiger partial charge in [0.1, 0.15) is 18.1 Å². The quantitative estimate of drug-likeness (QED) is 0.702. The van der Waals surface area contributed by atoms with Crippen LogP contribution in [-0.4, -0.2) is 19.6 Å². The van der Waals surface area contributed by atoms with Gasteiger partial charge in [-0.2, -0.15) is 0 Å². The Morgan fingerprint density at radius 3 is 2.58 bits per heavy atom. The number of hydrogen-bond acceptors (Lipinski definition) is 3. The number of methoxy groups -OCH3 is 1. The van der Waals surface area contributed by atoms with Crippen LogP contribution >= 0.6 is 0 Å². The van der Waals surface area contributed by atoms with Gasteiger partial charge >= 0.3 is 0 Å². The Labute approximate surface area is 143 Å². The molecule has 2 aromatic rings. The van der Waals surface area contributed by atoms with Gasteiger partial charge in [0.15, 0.2) is 0 Å². The molecule has 0 saturated carbocycles. The molecule has 0 aliphatic heterocycles. The third-order valence-corrected chi connectivity index (χ3v) is 3.75. The van der Waals surface area contributed by atoms with Crippen LogP contribution in [0.2, 0.25) is 0 Å². The third-order valence-electron chi connectivity index (χ3n) is 3.75. The Kier molecular flexibility index (Phi) is 7.15. The molecule has 2 aromatic carbocycles. The summed E-state index contributed by atoms with van der Waals surface area (Å²) in [7, 11) is 1.62. The first-order chi connectivity index (χ1) is 11.7. The highest BCUT2D eigenvalue weighted by Crippen LogP contribution is 2.22. The Balaban J connectivity index is 2.02. The fourth-order valence-corrected chi connectivity index (χ4v) is 2.39. The number of hydrogen-bond donors (Lipinski definition) is 1. The van der Waals surface area contributed by atoms with Gasteiger partial charge in [-0.3, -0.25) is 4.79 Å². The van der Waals surface area contributed by atoms with Crippen molar-refractivity contribution in [2.24, 2.45) is 0 Å². The maximum atomic E-state index is 12.2. The first-order valence-electron chi connectivity index (χ1n) is 8.37. The molecule has 0 radical (unpaired) electrons. The van der Waals surface area contributed by atoms with E-state index >= 15 is 0 Å². The maximum absolute atomic E-state index is 12.2. The summed E-state index contributed by atoms with van der Waals surface area (Å²) in [5.41, 5.74) is 1.47. The lowest BCUT2D eigenvalue weighted by Gasteiger charge is -2.12. The van der Waals surface area contributed by atoms with E-state index in [1.807, 2.05) is 42.5 Å². The van der Waals surface area contributed by atoms with Crippen LogP contribution in [0.25, 0.3) is 0 Å². The van der Waals surface area contributed by atoms with Crippen LogP contribution in [-0.2, 0) is 6.61 Å². The molecule has 0 atom stereocenters. The zero-order valence-electron chi connectivity index (χ0n) is 14.4. The van der Waals surface area contributed by atoms with E-state index in [0.29, 0.717) is 24.5 Å². The van der Waals surface area contributed by atoms with Gasteiger partial charge < -0.3 is 14.8 Å². The van der Waals surface area contributed by atoms with E-state index in [1.54, 1.807) is 13.2 Å². The number of para-hydroxylation sites is 1. The zero-order chi connectivity index (χ0) is 17.2. The van der Waals surface area contributed by atoms with Gasteiger partial charge in [0, 0.05) is 17.7 Å². The molecule has 4 nitrogen and oxygen atoms in total. The monoisotopic (exact) mass is 327 g/mol. The van der Waals surface area contributed by atoms with Crippen molar-refractivity contribution in [3.63, 3.8) is 0 Å². The topological polar surface area (TPSA) is 47.6 Å². The summed E-state index contributed by atoms with van der Waals surface area (Å²) < 4.78 is 11.1. The van der Waals surface area contributed by atoms with Crippen molar-refractivity contribution in [3.8, 4) is 11.5 Å². The van der Waals surface area contributed by atoms with Gasteiger partial charge in [-0.15, -0.1) is 0 Å². The summed E-state index contributed by atoms with van der Waals surface area (Å²) >= 11 is 0. The number of rotatable bonds is 9. The summed E-state index contributed by atoms with van der Waals surface area (Å²) in [6, 6.07) is 15.0. The normalized spacial score (nSPS) is 10.2. The second-order valence-corrected chi connectivity index (χ2v) is 5.59. The standard InChI is InChI=1S/C20H25NO3/c1-3-4-8-13-21-20(22)16-11-12-19(23-2)17(14-16)15-24-18-9-6-5-7-10-18/h5-7,9-12,14H,3-4,8,13,15H2,1-2H3,(H,21,22). The first kappa shape index (κ1) is 17.9. The highest BCUT2D eigenvalue weighted by molar-refractivity contribution is 5.94. The highest BCUT2D eigenvalue weighted by Gasteiger charge is 2.10. The molecule has 128 valence electrons. The number of amides is 1. The molecule has 4 heteroatoms. The van der Waals surface area contributed by atoms with Crippen LogP contribution in [0.15, 0.2) is 48.5 Å². The predicted octanol–water partition coefficient (Wildman–Crippen LogP) is 4.19. The average Bonchev–Trinajstić information content (AvgIpc) is 2.64. The molecule has 0 aliphatic rings. The van der Waals surface area contributed by atoms with E-state index in [-0.39, 0.29) is 5.91 Å². The van der Waals surface area contributed by atoms with E-state index in [9.17, 15) is 4.79 Å². The molecule has 1 amide bonds. The van der Waals surface area contributed by atoms with Gasteiger partial charge in [0.25, 0.3) is 5.91 Å². The van der Waals surface area contributed by atoms with Crippen LogP contribution in [0.5, 0.6) is 11.5 Å². The van der Waals surface area contributed by atoms with Crippen molar-refractivity contribution in [3.05, 3.63) is 59.7 Å². The number of carbonyl (C=O) groups is 1. The first-order valence-corrected chi connectivity index (χ1v) is 8.37. The van der Waals surface area contributed by atoms with Crippen molar-refractivity contribution >= 4 is 5.91 Å². The second kappa shape index (κ2) is 9.60. The number of nitrogens with one attached hydrogen (secondary N) is 1. The lowest BCUT2D eigenvalue weighted by molar-refractivity contribution is 0.0952. The summed E-state index contributed by atoms with van der Waals surface area (Å²) in [6.07, 6.45) is 3.26. The van der Waals surface area contributed by atoms with Crippen LogP contribution in [0.3, 0.4) is 0 Å². The van der Waals surface area contributed by atoms with Crippen molar-refractivity contribution in [1.29, 1.82) is 0 Å². The summed E-state index contributed by atoms with van der Waals surface area (Å²) in [4.78, 5) is 12.2. The molecule has 24 heavy (non-hydrogen) atoms. The van der Waals surface area contributed by atoms with Crippen LogP contribution in [0, 0.1) is 0 Å². The number of ether oxygens (including phenoxy) is 2. The predicted molar refractivity (Wildman–Crippen MR) is 95.6 cm³/mol. The number of benzene rings is 2. The molecule has 1 N–H and O–H groups in total.